The third-order valence-corrected chi connectivity index (χ3v) is 21.9. The first-order valence-corrected chi connectivity index (χ1v) is 29.6. The minimum Gasteiger partial charge on any atom is -0.463 e. The Balaban J connectivity index is 0.000000144. The van der Waals surface area contributed by atoms with Crippen molar-refractivity contribution in [3.8, 4) is 0 Å². The Morgan fingerprint density at radius 2 is 0.932 bits per heavy atom. The van der Waals surface area contributed by atoms with Crippen molar-refractivity contribution >= 4 is 29.8 Å². The molecule has 13 fully saturated rings. The molecule has 0 aromatic carbocycles. The molecule has 0 aromatic rings. The summed E-state index contributed by atoms with van der Waals surface area (Å²) in [6, 6.07) is 0. The molecule has 1 N–H and O–H groups in total. The van der Waals surface area contributed by atoms with Gasteiger partial charge in [-0.1, -0.05) is 27.7 Å². The van der Waals surface area contributed by atoms with Crippen molar-refractivity contribution < 1.29 is 52.8 Å². The number of hydrogen-bond donors (Lipinski definition) is 1. The van der Waals surface area contributed by atoms with E-state index in [4.69, 9.17) is 23.7 Å². The number of rotatable bonds is 13. The van der Waals surface area contributed by atoms with Gasteiger partial charge in [0.1, 0.15) is 16.8 Å². The van der Waals surface area contributed by atoms with Crippen LogP contribution in [0.15, 0.2) is 0 Å². The van der Waals surface area contributed by atoms with Crippen molar-refractivity contribution in [2.75, 3.05) is 6.61 Å². The molecule has 11 heteroatoms. The van der Waals surface area contributed by atoms with Gasteiger partial charge in [0, 0.05) is 18.3 Å². The monoisotopic (exact) mass is 1020 g/mol. The summed E-state index contributed by atoms with van der Waals surface area (Å²) in [6.45, 7) is 30.5. The van der Waals surface area contributed by atoms with E-state index in [1.807, 2.05) is 55.4 Å². The molecule has 0 spiro atoms. The highest BCUT2D eigenvalue weighted by Gasteiger charge is 2.62. The number of esters is 5. The highest BCUT2D eigenvalue weighted by atomic mass is 16.6. The van der Waals surface area contributed by atoms with E-state index >= 15 is 0 Å². The van der Waals surface area contributed by atoms with E-state index in [9.17, 15) is 29.1 Å². The van der Waals surface area contributed by atoms with Gasteiger partial charge in [-0.2, -0.15) is 0 Å². The molecule has 1 saturated heterocycles. The minimum atomic E-state index is -0.687. The minimum absolute atomic E-state index is 0.00857. The van der Waals surface area contributed by atoms with Crippen LogP contribution in [0.1, 0.15) is 245 Å². The lowest BCUT2D eigenvalue weighted by Crippen LogP contribution is -2.61. The van der Waals surface area contributed by atoms with Crippen molar-refractivity contribution in [1.29, 1.82) is 0 Å². The van der Waals surface area contributed by atoms with Crippen molar-refractivity contribution in [1.82, 2.24) is 0 Å². The van der Waals surface area contributed by atoms with Crippen LogP contribution in [-0.4, -0.2) is 70.1 Å². The maximum absolute atomic E-state index is 12.6. The predicted octanol–water partition coefficient (Wildman–Crippen LogP) is 13.5. The summed E-state index contributed by atoms with van der Waals surface area (Å²) in [5.41, 5.74) is -2.78. The van der Waals surface area contributed by atoms with Gasteiger partial charge in [-0.3, -0.25) is 19.2 Å². The molecule has 0 amide bonds. The predicted molar refractivity (Wildman–Crippen MR) is 283 cm³/mol. The van der Waals surface area contributed by atoms with E-state index in [-0.39, 0.29) is 56.9 Å². The van der Waals surface area contributed by atoms with Crippen LogP contribution in [0.2, 0.25) is 0 Å². The maximum atomic E-state index is 12.6. The number of cyclic esters (lactones) is 1. The highest BCUT2D eigenvalue weighted by molar-refractivity contribution is 5.83. The molecule has 11 nitrogen and oxygen atoms in total. The van der Waals surface area contributed by atoms with E-state index in [1.165, 1.54) is 77.0 Å². The van der Waals surface area contributed by atoms with E-state index in [0.717, 1.165) is 74.5 Å². The van der Waals surface area contributed by atoms with Gasteiger partial charge in [0.15, 0.2) is 0 Å². The molecule has 12 bridgehead atoms. The summed E-state index contributed by atoms with van der Waals surface area (Å²) in [6.07, 6.45) is 23.4. The normalized spacial score (nSPS) is 38.4. The number of carbonyl (C=O) groups excluding carboxylic acids is 5. The summed E-state index contributed by atoms with van der Waals surface area (Å²) in [5.74, 6) is 6.08. The van der Waals surface area contributed by atoms with E-state index in [2.05, 4.69) is 34.6 Å². The second kappa shape index (κ2) is 20.9. The third-order valence-electron chi connectivity index (χ3n) is 21.9. The van der Waals surface area contributed by atoms with Gasteiger partial charge in [0.2, 0.25) is 6.10 Å². The first-order valence-electron chi connectivity index (χ1n) is 29.6. The van der Waals surface area contributed by atoms with Crippen LogP contribution in [0.4, 0.5) is 0 Å². The van der Waals surface area contributed by atoms with Crippen molar-refractivity contribution in [3.63, 3.8) is 0 Å². The van der Waals surface area contributed by atoms with Crippen LogP contribution < -0.4 is 0 Å². The Bertz CT molecular complexity index is 1950. The smallest absolute Gasteiger partial charge is 0.347 e. The summed E-state index contributed by atoms with van der Waals surface area (Å²) in [5, 5.41) is 10.6. The zero-order valence-electron chi connectivity index (χ0n) is 48.6. The maximum Gasteiger partial charge on any atom is 0.347 e. The molecular weight excluding hydrogens is 921 g/mol. The Morgan fingerprint density at radius 1 is 0.534 bits per heavy atom. The largest absolute Gasteiger partial charge is 0.463 e. The lowest BCUT2D eigenvalue weighted by atomic mass is 9.46. The summed E-state index contributed by atoms with van der Waals surface area (Å²) in [7, 11) is 0. The first kappa shape index (κ1) is 58.0. The number of hydrogen-bond acceptors (Lipinski definition) is 11. The van der Waals surface area contributed by atoms with Gasteiger partial charge in [-0.15, -0.1) is 0 Å². The van der Waals surface area contributed by atoms with Crippen LogP contribution in [0.25, 0.3) is 0 Å². The number of aliphatic hydroxyl groups is 1. The molecule has 12 aliphatic carbocycles. The van der Waals surface area contributed by atoms with Crippen LogP contribution in [0.5, 0.6) is 0 Å². The average Bonchev–Trinajstić information content (AvgIpc) is 3.70. The average molecular weight is 1020 g/mol. The van der Waals surface area contributed by atoms with E-state index < -0.39 is 28.5 Å². The number of ether oxygens (including phenoxy) is 5. The second-order valence-corrected chi connectivity index (χ2v) is 29.5. The fraction of sp³-hybridized carbons (Fsp3) is 0.919. The highest BCUT2D eigenvalue weighted by Crippen LogP contribution is 2.65. The molecule has 12 saturated carbocycles. The topological polar surface area (TPSA) is 152 Å². The molecule has 0 aromatic heterocycles. The van der Waals surface area contributed by atoms with E-state index in [0.29, 0.717) is 49.5 Å². The molecule has 3 unspecified atom stereocenters. The molecular formula is C62H102O11. The summed E-state index contributed by atoms with van der Waals surface area (Å²) >= 11 is 0. The standard InChI is InChI=1S/C19H32O2.C17H28O2.C16H26O3.C10H16O4/c1-6-17(2,3)16(20)21-18(4,5)19-10-13-7-14(11-19)9-15(8-13)12-19;1-5-16(2,3)15(18)19-17(4)13-7-11-6-12(9-13)10-14(17)8-11;1-4-14(2,3)13(17)19-16-8-11-5-12(9-16)7-15(18,6-11)10-16;1-4-10(2,3)9(12)14-7-5-6-13-8(7)11/h13-15H,6-12H2,1-5H3;11-14H,5-10H2,1-4H3;11-12,18H,4-10H2,1-3H3;7H,4-6H2,1-3H3. The third kappa shape index (κ3) is 12.2. The van der Waals surface area contributed by atoms with E-state index in [1.54, 1.807) is 13.8 Å². The van der Waals surface area contributed by atoms with Crippen LogP contribution in [0, 0.1) is 80.3 Å². The molecule has 13 aliphatic rings. The Labute approximate surface area is 441 Å². The Kier molecular flexibility index (Phi) is 16.6. The molecule has 1 aliphatic heterocycles. The molecule has 73 heavy (non-hydrogen) atoms. The molecule has 13 rings (SSSR count). The van der Waals surface area contributed by atoms with Gasteiger partial charge in [-0.25, -0.2) is 4.79 Å². The van der Waals surface area contributed by atoms with Gasteiger partial charge >= 0.3 is 29.8 Å². The zero-order valence-corrected chi connectivity index (χ0v) is 48.6. The quantitative estimate of drug-likeness (QED) is 0.139. The van der Waals surface area contributed by atoms with Crippen molar-refractivity contribution in [2.45, 2.75) is 274 Å². The van der Waals surface area contributed by atoms with Gasteiger partial charge in [0.25, 0.3) is 0 Å². The zero-order chi connectivity index (χ0) is 54.0. The fourth-order valence-electron chi connectivity index (χ4n) is 16.0. The van der Waals surface area contributed by atoms with Crippen molar-refractivity contribution in [3.05, 3.63) is 0 Å². The molecule has 0 radical (unpaired) electrons. The molecule has 1 heterocycles. The van der Waals surface area contributed by atoms with Gasteiger partial charge in [0.05, 0.1) is 33.9 Å². The fourth-order valence-corrected chi connectivity index (χ4v) is 16.0. The van der Waals surface area contributed by atoms with Crippen LogP contribution in [0.3, 0.4) is 0 Å². The SMILES string of the molecule is CCC(C)(C)C(=O)OC(C)(C)C12CC3CC(CC(C3)C1)C2.CCC(C)(C)C(=O)OC1(C)C2CC3CC(C2)CC1C3.CCC(C)(C)C(=O)OC12CC3CC(CC(O)(C3)C1)C2.CCC(C)(C)C(=O)OC1CCOC1=O. The van der Waals surface area contributed by atoms with Crippen LogP contribution in [-0.2, 0) is 47.7 Å². The van der Waals surface area contributed by atoms with Crippen LogP contribution >= 0.6 is 0 Å². The second-order valence-electron chi connectivity index (χ2n) is 29.5. The summed E-state index contributed by atoms with van der Waals surface area (Å²) in [4.78, 5) is 60.0. The lowest BCUT2D eigenvalue weighted by molar-refractivity contribution is -0.225. The molecule has 416 valence electrons. The van der Waals surface area contributed by atoms with Gasteiger partial charge < -0.3 is 28.8 Å². The lowest BCUT2D eigenvalue weighted by Gasteiger charge is -2.61. The number of carbonyl (C=O) groups is 5. The first-order chi connectivity index (χ1) is 33.8. The van der Waals surface area contributed by atoms with Crippen molar-refractivity contribution in [2.24, 2.45) is 80.3 Å². The van der Waals surface area contributed by atoms with Gasteiger partial charge in [-0.05, 0) is 258 Å². The molecule has 3 atom stereocenters. The summed E-state index contributed by atoms with van der Waals surface area (Å²) < 4.78 is 28.0. The Morgan fingerprint density at radius 3 is 1.34 bits per heavy atom. The Hall–Kier alpha value is -2.69.